The van der Waals surface area contributed by atoms with Crippen molar-refractivity contribution in [1.29, 1.82) is 0 Å². The van der Waals surface area contributed by atoms with Crippen LogP contribution in [0.3, 0.4) is 0 Å². The number of aromatic nitrogens is 3. The molecule has 2 aromatic heterocycles. The Kier molecular flexibility index (Phi) is 3.25. The van der Waals surface area contributed by atoms with Gasteiger partial charge in [0, 0.05) is 24.0 Å². The monoisotopic (exact) mass is 334 g/mol. The van der Waals surface area contributed by atoms with Crippen molar-refractivity contribution < 1.29 is 9.32 Å². The molecule has 0 saturated heterocycles. The maximum Gasteiger partial charge on any atom is 0.244 e. The lowest BCUT2D eigenvalue weighted by molar-refractivity contribution is -0.121. The van der Waals surface area contributed by atoms with Crippen LogP contribution in [-0.4, -0.2) is 21.0 Å². The van der Waals surface area contributed by atoms with Gasteiger partial charge in [-0.1, -0.05) is 17.3 Å². The Balaban J connectivity index is 1.88. The first-order valence-electron chi connectivity index (χ1n) is 8.09. The molecule has 0 N–H and O–H groups in total. The summed E-state index contributed by atoms with van der Waals surface area (Å²) in [5.41, 5.74) is 3.73. The third kappa shape index (κ3) is 2.33. The Bertz CT molecular complexity index is 973. The number of amides is 1. The molecule has 3 heterocycles. The summed E-state index contributed by atoms with van der Waals surface area (Å²) >= 11 is 0. The van der Waals surface area contributed by atoms with Gasteiger partial charge < -0.3 is 4.52 Å². The molecule has 0 atom stereocenters. The van der Waals surface area contributed by atoms with E-state index in [2.05, 4.69) is 15.1 Å². The van der Waals surface area contributed by atoms with E-state index in [4.69, 9.17) is 4.52 Å². The zero-order valence-corrected chi connectivity index (χ0v) is 14.6. The standard InChI is InChI=1S/C19H18N4O2/c1-11-7-17(25-22-11)23-16-8-13(14-9-20-12(2)21-10-14)5-6-15(16)19(3,4)18(23)24/h5-10H,1-4H3. The Morgan fingerprint density at radius 1 is 1.04 bits per heavy atom. The minimum Gasteiger partial charge on any atom is -0.338 e. The number of anilines is 2. The SMILES string of the molecule is Cc1cc(N2C(=O)C(C)(C)c3ccc(-c4cnc(C)nc4)cc32)on1. The van der Waals surface area contributed by atoms with Crippen LogP contribution in [0.4, 0.5) is 11.6 Å². The molecule has 3 aromatic rings. The van der Waals surface area contributed by atoms with Crippen LogP contribution in [0, 0.1) is 13.8 Å². The van der Waals surface area contributed by atoms with Crippen LogP contribution in [0.15, 0.2) is 41.2 Å². The summed E-state index contributed by atoms with van der Waals surface area (Å²) in [5, 5.41) is 3.92. The van der Waals surface area contributed by atoms with E-state index in [-0.39, 0.29) is 5.91 Å². The quantitative estimate of drug-likeness (QED) is 0.714. The van der Waals surface area contributed by atoms with E-state index in [9.17, 15) is 4.79 Å². The summed E-state index contributed by atoms with van der Waals surface area (Å²) in [6, 6.07) is 7.74. The van der Waals surface area contributed by atoms with Crippen molar-refractivity contribution in [3.63, 3.8) is 0 Å². The molecule has 0 saturated carbocycles. The second-order valence-electron chi connectivity index (χ2n) is 6.82. The van der Waals surface area contributed by atoms with Crippen molar-refractivity contribution >= 4 is 17.5 Å². The van der Waals surface area contributed by atoms with Crippen molar-refractivity contribution in [3.05, 3.63) is 53.7 Å². The zero-order chi connectivity index (χ0) is 17.8. The highest BCUT2D eigenvalue weighted by atomic mass is 16.5. The summed E-state index contributed by atoms with van der Waals surface area (Å²) < 4.78 is 5.36. The largest absolute Gasteiger partial charge is 0.338 e. The van der Waals surface area contributed by atoms with Crippen molar-refractivity contribution in [3.8, 4) is 11.1 Å². The van der Waals surface area contributed by atoms with Crippen LogP contribution in [0.1, 0.15) is 30.9 Å². The van der Waals surface area contributed by atoms with E-state index in [1.165, 1.54) is 0 Å². The predicted octanol–water partition coefficient (Wildman–Crippen LogP) is 3.70. The highest BCUT2D eigenvalue weighted by molar-refractivity contribution is 6.12. The fourth-order valence-electron chi connectivity index (χ4n) is 3.14. The van der Waals surface area contributed by atoms with Crippen LogP contribution in [-0.2, 0) is 10.2 Å². The van der Waals surface area contributed by atoms with E-state index in [0.29, 0.717) is 5.88 Å². The minimum atomic E-state index is -0.627. The first-order valence-corrected chi connectivity index (χ1v) is 8.09. The summed E-state index contributed by atoms with van der Waals surface area (Å²) in [5.74, 6) is 1.13. The van der Waals surface area contributed by atoms with E-state index in [1.807, 2.05) is 45.9 Å². The number of fused-ring (bicyclic) bond motifs is 1. The third-order valence-corrected chi connectivity index (χ3v) is 4.60. The minimum absolute atomic E-state index is 0.0315. The number of hydrogen-bond donors (Lipinski definition) is 0. The molecular formula is C19H18N4O2. The van der Waals surface area contributed by atoms with Crippen molar-refractivity contribution in [1.82, 2.24) is 15.1 Å². The normalized spacial score (nSPS) is 15.5. The maximum atomic E-state index is 13.0. The first kappa shape index (κ1) is 15.5. The Morgan fingerprint density at radius 2 is 1.76 bits per heavy atom. The van der Waals surface area contributed by atoms with Gasteiger partial charge in [-0.15, -0.1) is 0 Å². The smallest absolute Gasteiger partial charge is 0.244 e. The van der Waals surface area contributed by atoms with Crippen molar-refractivity contribution in [2.45, 2.75) is 33.1 Å². The summed E-state index contributed by atoms with van der Waals surface area (Å²) in [7, 11) is 0. The number of hydrogen-bond acceptors (Lipinski definition) is 5. The van der Waals surface area contributed by atoms with Gasteiger partial charge in [-0.3, -0.25) is 4.79 Å². The number of benzene rings is 1. The average molecular weight is 334 g/mol. The van der Waals surface area contributed by atoms with Gasteiger partial charge >= 0.3 is 0 Å². The molecule has 25 heavy (non-hydrogen) atoms. The van der Waals surface area contributed by atoms with Crippen LogP contribution in [0.5, 0.6) is 0 Å². The van der Waals surface area contributed by atoms with Gasteiger partial charge in [-0.2, -0.15) is 0 Å². The number of carbonyl (C=O) groups excluding carboxylic acids is 1. The molecule has 6 nitrogen and oxygen atoms in total. The fraction of sp³-hybridized carbons (Fsp3) is 0.263. The topological polar surface area (TPSA) is 72.1 Å². The molecule has 0 unspecified atom stereocenters. The molecule has 0 bridgehead atoms. The van der Waals surface area contributed by atoms with Gasteiger partial charge in [-0.25, -0.2) is 14.9 Å². The van der Waals surface area contributed by atoms with Gasteiger partial charge in [0.25, 0.3) is 0 Å². The number of rotatable bonds is 2. The highest BCUT2D eigenvalue weighted by Crippen LogP contribution is 2.46. The molecule has 1 amide bonds. The van der Waals surface area contributed by atoms with Crippen LogP contribution in [0.25, 0.3) is 11.1 Å². The van der Waals surface area contributed by atoms with Crippen LogP contribution < -0.4 is 4.90 Å². The van der Waals surface area contributed by atoms with E-state index < -0.39 is 5.41 Å². The lowest BCUT2D eigenvalue weighted by Gasteiger charge is -2.17. The average Bonchev–Trinajstić information content (AvgIpc) is 3.08. The molecular weight excluding hydrogens is 316 g/mol. The van der Waals surface area contributed by atoms with Gasteiger partial charge in [0.1, 0.15) is 5.82 Å². The maximum absolute atomic E-state index is 13.0. The number of carbonyl (C=O) groups is 1. The fourth-order valence-corrected chi connectivity index (χ4v) is 3.14. The van der Waals surface area contributed by atoms with Crippen LogP contribution in [0.2, 0.25) is 0 Å². The summed E-state index contributed by atoms with van der Waals surface area (Å²) in [6.07, 6.45) is 3.57. The highest BCUT2D eigenvalue weighted by Gasteiger charge is 2.46. The van der Waals surface area contributed by atoms with Gasteiger partial charge in [0.2, 0.25) is 11.8 Å². The molecule has 1 aliphatic heterocycles. The molecule has 1 aliphatic rings. The molecule has 126 valence electrons. The lowest BCUT2D eigenvalue weighted by atomic mass is 9.85. The van der Waals surface area contributed by atoms with Crippen LogP contribution >= 0.6 is 0 Å². The zero-order valence-electron chi connectivity index (χ0n) is 14.6. The Hall–Kier alpha value is -3.02. The van der Waals surface area contributed by atoms with Gasteiger partial charge in [0.05, 0.1) is 16.8 Å². The summed E-state index contributed by atoms with van der Waals surface area (Å²) in [4.78, 5) is 23.1. The predicted molar refractivity (Wildman–Crippen MR) is 93.6 cm³/mol. The van der Waals surface area contributed by atoms with E-state index in [0.717, 1.165) is 33.9 Å². The van der Waals surface area contributed by atoms with E-state index >= 15 is 0 Å². The van der Waals surface area contributed by atoms with Gasteiger partial charge in [-0.05, 0) is 44.9 Å². The molecule has 0 spiro atoms. The third-order valence-electron chi connectivity index (χ3n) is 4.60. The van der Waals surface area contributed by atoms with Crippen molar-refractivity contribution in [2.75, 3.05) is 4.90 Å². The molecule has 0 aliphatic carbocycles. The Morgan fingerprint density at radius 3 is 2.40 bits per heavy atom. The van der Waals surface area contributed by atoms with E-state index in [1.54, 1.807) is 23.4 Å². The molecule has 4 rings (SSSR count). The first-order chi connectivity index (χ1) is 11.9. The molecule has 0 radical (unpaired) electrons. The lowest BCUT2D eigenvalue weighted by Crippen LogP contribution is -2.32. The second kappa shape index (κ2) is 5.24. The molecule has 0 fully saturated rings. The van der Waals surface area contributed by atoms with Crippen molar-refractivity contribution in [2.24, 2.45) is 0 Å². The number of aryl methyl sites for hydroxylation is 2. The second-order valence-corrected chi connectivity index (χ2v) is 6.82. The van der Waals surface area contributed by atoms with Gasteiger partial charge in [0.15, 0.2) is 0 Å². The molecule has 1 aromatic carbocycles. The Labute approximate surface area is 145 Å². The summed E-state index contributed by atoms with van der Waals surface area (Å²) in [6.45, 7) is 7.53. The molecule has 6 heteroatoms. The number of nitrogens with zero attached hydrogens (tertiary/aromatic N) is 4.